The molecule has 96 valence electrons. The molecule has 1 aliphatic carbocycles. The number of halogens is 1. The highest BCUT2D eigenvalue weighted by Gasteiger charge is 2.21. The Morgan fingerprint density at radius 2 is 1.75 bits per heavy atom. The predicted molar refractivity (Wildman–Crippen MR) is 68.2 cm³/mol. The van der Waals surface area contributed by atoms with Crippen LogP contribution in [0.5, 0.6) is 0 Å². The van der Waals surface area contributed by atoms with Crippen LogP contribution in [0.2, 0.25) is 0 Å². The first-order chi connectivity index (χ1) is 7.57. The monoisotopic (exact) mass is 267 g/mol. The van der Waals surface area contributed by atoms with Crippen LogP contribution in [0.15, 0.2) is 0 Å². The molecule has 0 aliphatic heterocycles. The molecule has 0 heterocycles. The van der Waals surface area contributed by atoms with Crippen molar-refractivity contribution in [2.24, 2.45) is 11.8 Å². The van der Waals surface area contributed by atoms with Crippen LogP contribution in [0, 0.1) is 11.8 Å². The summed E-state index contributed by atoms with van der Waals surface area (Å²) < 4.78 is 25.4. The lowest BCUT2D eigenvalue weighted by atomic mass is 9.81. The minimum Gasteiger partial charge on any atom is -0.215 e. The Morgan fingerprint density at radius 3 is 2.25 bits per heavy atom. The second kappa shape index (κ2) is 6.82. The first kappa shape index (κ1) is 14.3. The Kier molecular flexibility index (Phi) is 6.08. The van der Waals surface area contributed by atoms with Gasteiger partial charge in [-0.1, -0.05) is 26.2 Å². The predicted octanol–water partition coefficient (Wildman–Crippen LogP) is 2.36. The van der Waals surface area contributed by atoms with E-state index in [-0.39, 0.29) is 11.6 Å². The molecule has 1 fully saturated rings. The minimum absolute atomic E-state index is 0.0266. The summed E-state index contributed by atoms with van der Waals surface area (Å²) in [6.45, 7) is 2.82. The maximum atomic E-state index is 11.4. The van der Waals surface area contributed by atoms with E-state index in [4.69, 9.17) is 11.6 Å². The minimum atomic E-state index is -3.13. The number of hydrogen-bond acceptors (Lipinski definition) is 2. The van der Waals surface area contributed by atoms with Crippen LogP contribution in [0.25, 0.3) is 0 Å². The van der Waals surface area contributed by atoms with Crippen molar-refractivity contribution in [3.05, 3.63) is 0 Å². The number of alkyl halides is 1. The largest absolute Gasteiger partial charge is 0.215 e. The summed E-state index contributed by atoms with van der Waals surface area (Å²) in [5, 5.41) is 0. The molecule has 3 nitrogen and oxygen atoms in total. The van der Waals surface area contributed by atoms with Gasteiger partial charge in [-0.05, 0) is 24.7 Å². The molecule has 0 aromatic carbocycles. The zero-order valence-electron chi connectivity index (χ0n) is 9.91. The van der Waals surface area contributed by atoms with E-state index in [1.165, 1.54) is 19.3 Å². The molecule has 0 radical (unpaired) electrons. The smallest absolute Gasteiger partial charge is 0.212 e. The molecule has 1 N–H and O–H groups in total. The topological polar surface area (TPSA) is 46.2 Å². The third kappa shape index (κ3) is 5.02. The van der Waals surface area contributed by atoms with Crippen LogP contribution >= 0.6 is 11.6 Å². The van der Waals surface area contributed by atoms with Crippen molar-refractivity contribution in [2.45, 2.75) is 39.0 Å². The quantitative estimate of drug-likeness (QED) is 0.751. The van der Waals surface area contributed by atoms with Crippen molar-refractivity contribution in [2.75, 3.05) is 18.2 Å². The molecule has 16 heavy (non-hydrogen) atoms. The van der Waals surface area contributed by atoms with Crippen LogP contribution < -0.4 is 4.72 Å². The van der Waals surface area contributed by atoms with Crippen molar-refractivity contribution in [1.82, 2.24) is 4.72 Å². The van der Waals surface area contributed by atoms with Gasteiger partial charge in [0, 0.05) is 12.4 Å². The van der Waals surface area contributed by atoms with E-state index in [0.29, 0.717) is 12.5 Å². The second-order valence-corrected chi connectivity index (χ2v) is 6.96. The molecule has 0 spiro atoms. The molecule has 0 amide bonds. The average molecular weight is 268 g/mol. The van der Waals surface area contributed by atoms with E-state index in [0.717, 1.165) is 18.8 Å². The van der Waals surface area contributed by atoms with Crippen molar-refractivity contribution in [3.8, 4) is 0 Å². The average Bonchev–Trinajstić information content (AvgIpc) is 2.27. The van der Waals surface area contributed by atoms with Gasteiger partial charge in [-0.3, -0.25) is 0 Å². The third-order valence-electron chi connectivity index (χ3n) is 3.48. The van der Waals surface area contributed by atoms with Gasteiger partial charge in [-0.2, -0.15) is 0 Å². The van der Waals surface area contributed by atoms with Crippen molar-refractivity contribution in [3.63, 3.8) is 0 Å². The zero-order chi connectivity index (χ0) is 12.0. The highest BCUT2D eigenvalue weighted by Crippen LogP contribution is 2.30. The number of hydrogen-bond donors (Lipinski definition) is 1. The molecular formula is C11H22ClNO2S. The lowest BCUT2D eigenvalue weighted by Crippen LogP contribution is -2.33. The first-order valence-corrected chi connectivity index (χ1v) is 8.29. The summed E-state index contributed by atoms with van der Waals surface area (Å²) in [6, 6.07) is 0. The van der Waals surface area contributed by atoms with Crippen molar-refractivity contribution >= 4 is 21.6 Å². The molecule has 0 atom stereocenters. The first-order valence-electron chi connectivity index (χ1n) is 6.10. The Balaban J connectivity index is 2.24. The molecule has 0 saturated heterocycles. The Hall–Kier alpha value is 0.200. The van der Waals surface area contributed by atoms with Crippen LogP contribution in [0.3, 0.4) is 0 Å². The molecular weight excluding hydrogens is 246 g/mol. The highest BCUT2D eigenvalue weighted by molar-refractivity contribution is 7.89. The van der Waals surface area contributed by atoms with Gasteiger partial charge in [0.15, 0.2) is 0 Å². The van der Waals surface area contributed by atoms with Crippen LogP contribution in [-0.2, 0) is 10.0 Å². The summed E-state index contributed by atoms with van der Waals surface area (Å²) in [4.78, 5) is 0. The number of sulfonamides is 1. The SMILES string of the molecule is CCC1CCC(CNS(=O)(=O)CCCl)CC1. The Bertz CT molecular complexity index is 284. The molecule has 5 heteroatoms. The van der Waals surface area contributed by atoms with Crippen molar-refractivity contribution < 1.29 is 8.42 Å². The van der Waals surface area contributed by atoms with Gasteiger partial charge in [0.2, 0.25) is 10.0 Å². The fourth-order valence-corrected chi connectivity index (χ4v) is 3.71. The van der Waals surface area contributed by atoms with Crippen LogP contribution in [0.1, 0.15) is 39.0 Å². The molecule has 1 rings (SSSR count). The standard InChI is InChI=1S/C11H22ClNO2S/c1-2-10-3-5-11(6-4-10)9-13-16(14,15)8-7-12/h10-11,13H,2-9H2,1H3. The lowest BCUT2D eigenvalue weighted by Gasteiger charge is -2.27. The third-order valence-corrected chi connectivity index (χ3v) is 5.24. The molecule has 0 bridgehead atoms. The zero-order valence-corrected chi connectivity index (χ0v) is 11.5. The van der Waals surface area contributed by atoms with Gasteiger partial charge in [0.1, 0.15) is 0 Å². The molecule has 0 unspecified atom stereocenters. The van der Waals surface area contributed by atoms with Crippen molar-refractivity contribution in [1.29, 1.82) is 0 Å². The Labute approximate surface area is 104 Å². The molecule has 0 aromatic heterocycles. The van der Waals surface area contributed by atoms with Gasteiger partial charge >= 0.3 is 0 Å². The van der Waals surface area contributed by atoms with Gasteiger partial charge in [0.25, 0.3) is 0 Å². The fourth-order valence-electron chi connectivity index (χ4n) is 2.26. The summed E-state index contributed by atoms with van der Waals surface area (Å²) in [5.74, 6) is 1.57. The second-order valence-electron chi connectivity index (χ2n) is 4.65. The molecule has 0 aromatic rings. The molecule has 1 saturated carbocycles. The van der Waals surface area contributed by atoms with Gasteiger partial charge < -0.3 is 0 Å². The van der Waals surface area contributed by atoms with Gasteiger partial charge in [0.05, 0.1) is 5.75 Å². The normalized spacial score (nSPS) is 26.9. The number of rotatable bonds is 6. The summed E-state index contributed by atoms with van der Waals surface area (Å²) in [7, 11) is -3.13. The van der Waals surface area contributed by atoms with Gasteiger partial charge in [-0.15, -0.1) is 11.6 Å². The molecule has 1 aliphatic rings. The van der Waals surface area contributed by atoms with E-state index in [1.807, 2.05) is 0 Å². The van der Waals surface area contributed by atoms with E-state index in [1.54, 1.807) is 0 Å². The van der Waals surface area contributed by atoms with E-state index in [9.17, 15) is 8.42 Å². The Morgan fingerprint density at radius 1 is 1.19 bits per heavy atom. The van der Waals surface area contributed by atoms with Crippen LogP contribution in [-0.4, -0.2) is 26.6 Å². The maximum absolute atomic E-state index is 11.4. The van der Waals surface area contributed by atoms with E-state index < -0.39 is 10.0 Å². The van der Waals surface area contributed by atoms with Crippen LogP contribution in [0.4, 0.5) is 0 Å². The fraction of sp³-hybridized carbons (Fsp3) is 1.00. The maximum Gasteiger partial charge on any atom is 0.212 e. The number of nitrogens with one attached hydrogen (secondary N) is 1. The highest BCUT2D eigenvalue weighted by atomic mass is 35.5. The summed E-state index contributed by atoms with van der Waals surface area (Å²) in [6.07, 6.45) is 6.06. The lowest BCUT2D eigenvalue weighted by molar-refractivity contribution is 0.270. The van der Waals surface area contributed by atoms with Gasteiger partial charge in [-0.25, -0.2) is 13.1 Å². The summed E-state index contributed by atoms with van der Waals surface area (Å²) >= 11 is 5.43. The summed E-state index contributed by atoms with van der Waals surface area (Å²) in [5.41, 5.74) is 0. The van der Waals surface area contributed by atoms with E-state index in [2.05, 4.69) is 11.6 Å². The van der Waals surface area contributed by atoms with E-state index >= 15 is 0 Å².